The third kappa shape index (κ3) is 6.21. The minimum absolute atomic E-state index is 0.297. The first-order chi connectivity index (χ1) is 8.72. The molecule has 0 unspecified atom stereocenters. The molecule has 0 aromatic heterocycles. The van der Waals surface area contributed by atoms with E-state index in [0.29, 0.717) is 13.2 Å². The van der Waals surface area contributed by atoms with Gasteiger partial charge in [-0.15, -0.1) is 0 Å². The van der Waals surface area contributed by atoms with Crippen molar-refractivity contribution < 1.29 is 9.53 Å². The number of carbonyl (C=O) groups is 1. The first-order valence-electron chi connectivity index (χ1n) is 6.34. The highest BCUT2D eigenvalue weighted by molar-refractivity contribution is 5.87. The highest BCUT2D eigenvalue weighted by Gasteiger charge is 1.96. The van der Waals surface area contributed by atoms with Crippen LogP contribution >= 0.6 is 0 Å². The third-order valence-electron chi connectivity index (χ3n) is 2.44. The van der Waals surface area contributed by atoms with Crippen molar-refractivity contribution in [2.24, 2.45) is 0 Å². The van der Waals surface area contributed by atoms with E-state index in [9.17, 15) is 4.79 Å². The van der Waals surface area contributed by atoms with Gasteiger partial charge < -0.3 is 10.1 Å². The molecular formula is C15H21NO2. The average Bonchev–Trinajstić information content (AvgIpc) is 2.38. The molecule has 0 heterocycles. The van der Waals surface area contributed by atoms with E-state index >= 15 is 0 Å². The fraction of sp³-hybridized carbons (Fsp3) is 0.400. The van der Waals surface area contributed by atoms with Gasteiger partial charge in [0.15, 0.2) is 0 Å². The van der Waals surface area contributed by atoms with Gasteiger partial charge in [-0.25, -0.2) is 4.79 Å². The number of benzene rings is 1. The standard InChI is InChI=1S/C15H21NO2/c1-3-10-16-11-12-18-15(17)9-8-14-6-4-13(2)5-7-14/h4-9,16H,3,10-12H2,1-2H3/b9-8+. The van der Waals surface area contributed by atoms with Crippen LogP contribution in [0.4, 0.5) is 0 Å². The summed E-state index contributed by atoms with van der Waals surface area (Å²) >= 11 is 0. The lowest BCUT2D eigenvalue weighted by Gasteiger charge is -2.03. The zero-order valence-corrected chi connectivity index (χ0v) is 11.1. The summed E-state index contributed by atoms with van der Waals surface area (Å²) in [6.45, 7) is 6.21. The lowest BCUT2D eigenvalue weighted by Crippen LogP contribution is -2.21. The molecule has 0 aliphatic carbocycles. The Kier molecular flexibility index (Phi) is 6.81. The lowest BCUT2D eigenvalue weighted by molar-refractivity contribution is -0.137. The molecule has 3 heteroatoms. The summed E-state index contributed by atoms with van der Waals surface area (Å²) in [5, 5.41) is 3.17. The van der Waals surface area contributed by atoms with Crippen molar-refractivity contribution in [3.05, 3.63) is 41.5 Å². The van der Waals surface area contributed by atoms with Crippen LogP contribution in [0.2, 0.25) is 0 Å². The molecule has 0 spiro atoms. The molecule has 98 valence electrons. The molecule has 18 heavy (non-hydrogen) atoms. The van der Waals surface area contributed by atoms with Gasteiger partial charge in [-0.2, -0.15) is 0 Å². The highest BCUT2D eigenvalue weighted by atomic mass is 16.5. The van der Waals surface area contributed by atoms with E-state index in [1.165, 1.54) is 11.6 Å². The topological polar surface area (TPSA) is 38.3 Å². The Hall–Kier alpha value is -1.61. The predicted octanol–water partition coefficient (Wildman–Crippen LogP) is 2.55. The van der Waals surface area contributed by atoms with Crippen molar-refractivity contribution in [1.82, 2.24) is 5.32 Å². The van der Waals surface area contributed by atoms with Crippen LogP contribution in [0.25, 0.3) is 6.08 Å². The predicted molar refractivity (Wildman–Crippen MR) is 74.3 cm³/mol. The van der Waals surface area contributed by atoms with Gasteiger partial charge in [-0.3, -0.25) is 0 Å². The first-order valence-corrected chi connectivity index (χ1v) is 6.34. The van der Waals surface area contributed by atoms with Gasteiger partial charge in [-0.1, -0.05) is 36.8 Å². The lowest BCUT2D eigenvalue weighted by atomic mass is 10.1. The largest absolute Gasteiger partial charge is 0.461 e. The SMILES string of the molecule is CCCNCCOC(=O)/C=C/c1ccc(C)cc1. The number of esters is 1. The van der Waals surface area contributed by atoms with Crippen LogP contribution in [-0.4, -0.2) is 25.7 Å². The van der Waals surface area contributed by atoms with Crippen LogP contribution in [-0.2, 0) is 9.53 Å². The van der Waals surface area contributed by atoms with Crippen LogP contribution in [0.1, 0.15) is 24.5 Å². The number of aryl methyl sites for hydroxylation is 1. The molecule has 0 bridgehead atoms. The summed E-state index contributed by atoms with van der Waals surface area (Å²) in [7, 11) is 0. The van der Waals surface area contributed by atoms with E-state index < -0.39 is 0 Å². The Bertz CT molecular complexity index is 382. The summed E-state index contributed by atoms with van der Waals surface area (Å²) < 4.78 is 5.05. The zero-order chi connectivity index (χ0) is 13.2. The molecule has 0 saturated carbocycles. The van der Waals surface area contributed by atoms with Crippen LogP contribution < -0.4 is 5.32 Å². The summed E-state index contributed by atoms with van der Waals surface area (Å²) in [4.78, 5) is 11.4. The van der Waals surface area contributed by atoms with E-state index in [2.05, 4.69) is 12.2 Å². The maximum atomic E-state index is 11.4. The molecule has 1 aromatic rings. The maximum Gasteiger partial charge on any atom is 0.330 e. The zero-order valence-electron chi connectivity index (χ0n) is 11.1. The van der Waals surface area contributed by atoms with Gasteiger partial charge in [0.2, 0.25) is 0 Å². The van der Waals surface area contributed by atoms with Crippen molar-refractivity contribution in [2.75, 3.05) is 19.7 Å². The second kappa shape index (κ2) is 8.48. The summed E-state index contributed by atoms with van der Waals surface area (Å²) in [6.07, 6.45) is 4.31. The molecule has 0 fully saturated rings. The van der Waals surface area contributed by atoms with Gasteiger partial charge in [0.05, 0.1) is 0 Å². The number of carbonyl (C=O) groups excluding carboxylic acids is 1. The Morgan fingerprint density at radius 1 is 1.28 bits per heavy atom. The molecule has 3 nitrogen and oxygen atoms in total. The molecule has 0 radical (unpaired) electrons. The Morgan fingerprint density at radius 3 is 2.67 bits per heavy atom. The number of hydrogen-bond donors (Lipinski definition) is 1. The van der Waals surface area contributed by atoms with Crippen LogP contribution in [0.5, 0.6) is 0 Å². The van der Waals surface area contributed by atoms with Crippen molar-refractivity contribution in [1.29, 1.82) is 0 Å². The van der Waals surface area contributed by atoms with Crippen LogP contribution in [0.15, 0.2) is 30.3 Å². The number of ether oxygens (including phenoxy) is 1. The Balaban J connectivity index is 2.25. The molecule has 0 aliphatic heterocycles. The minimum atomic E-state index is -0.297. The Labute approximate surface area is 109 Å². The molecule has 1 N–H and O–H groups in total. The average molecular weight is 247 g/mol. The van der Waals surface area contributed by atoms with Crippen LogP contribution in [0.3, 0.4) is 0 Å². The molecule has 1 rings (SSSR count). The van der Waals surface area contributed by atoms with Crippen molar-refractivity contribution >= 4 is 12.0 Å². The third-order valence-corrected chi connectivity index (χ3v) is 2.44. The molecule has 0 saturated heterocycles. The molecule has 0 aliphatic rings. The van der Waals surface area contributed by atoms with Gasteiger partial charge in [0, 0.05) is 12.6 Å². The van der Waals surface area contributed by atoms with E-state index in [1.807, 2.05) is 31.2 Å². The monoisotopic (exact) mass is 247 g/mol. The van der Waals surface area contributed by atoms with Crippen LogP contribution in [0, 0.1) is 6.92 Å². The Morgan fingerprint density at radius 2 is 2.00 bits per heavy atom. The summed E-state index contributed by atoms with van der Waals surface area (Å²) in [6, 6.07) is 7.98. The summed E-state index contributed by atoms with van der Waals surface area (Å²) in [5.74, 6) is -0.297. The first kappa shape index (κ1) is 14.5. The number of hydrogen-bond acceptors (Lipinski definition) is 3. The summed E-state index contributed by atoms with van der Waals surface area (Å²) in [5.41, 5.74) is 2.21. The number of nitrogens with one attached hydrogen (secondary N) is 1. The van der Waals surface area contributed by atoms with Crippen molar-refractivity contribution in [2.45, 2.75) is 20.3 Å². The maximum absolute atomic E-state index is 11.4. The minimum Gasteiger partial charge on any atom is -0.461 e. The molecule has 0 atom stereocenters. The number of rotatable bonds is 7. The second-order valence-electron chi connectivity index (χ2n) is 4.16. The quantitative estimate of drug-likeness (QED) is 0.457. The van der Waals surface area contributed by atoms with E-state index in [1.54, 1.807) is 6.08 Å². The van der Waals surface area contributed by atoms with Gasteiger partial charge in [0.25, 0.3) is 0 Å². The van der Waals surface area contributed by atoms with Crippen molar-refractivity contribution in [3.8, 4) is 0 Å². The van der Waals surface area contributed by atoms with E-state index in [4.69, 9.17) is 4.74 Å². The normalized spacial score (nSPS) is 10.8. The fourth-order valence-electron chi connectivity index (χ4n) is 1.42. The van der Waals surface area contributed by atoms with Gasteiger partial charge in [-0.05, 0) is 31.5 Å². The van der Waals surface area contributed by atoms with Gasteiger partial charge in [0.1, 0.15) is 6.61 Å². The van der Waals surface area contributed by atoms with Gasteiger partial charge >= 0.3 is 5.97 Å². The smallest absolute Gasteiger partial charge is 0.330 e. The second-order valence-corrected chi connectivity index (χ2v) is 4.16. The van der Waals surface area contributed by atoms with E-state index in [0.717, 1.165) is 18.5 Å². The highest BCUT2D eigenvalue weighted by Crippen LogP contribution is 2.04. The molecular weight excluding hydrogens is 226 g/mol. The van der Waals surface area contributed by atoms with E-state index in [-0.39, 0.29) is 5.97 Å². The fourth-order valence-corrected chi connectivity index (χ4v) is 1.42. The molecule has 1 aromatic carbocycles. The van der Waals surface area contributed by atoms with Crippen molar-refractivity contribution in [3.63, 3.8) is 0 Å². The molecule has 0 amide bonds.